The third-order valence-electron chi connectivity index (χ3n) is 6.76. The van der Waals surface area contributed by atoms with Gasteiger partial charge in [-0.05, 0) is 67.3 Å². The molecule has 1 atom stereocenters. The lowest BCUT2D eigenvalue weighted by atomic mass is 9.97. The van der Waals surface area contributed by atoms with Gasteiger partial charge in [-0.3, -0.25) is 14.5 Å². The van der Waals surface area contributed by atoms with Gasteiger partial charge in [-0.2, -0.15) is 0 Å². The zero-order valence-corrected chi connectivity index (χ0v) is 22.5. The fourth-order valence-corrected chi connectivity index (χ4v) is 6.40. The van der Waals surface area contributed by atoms with Crippen LogP contribution in [-0.2, 0) is 5.75 Å². The van der Waals surface area contributed by atoms with E-state index in [4.69, 9.17) is 4.42 Å². The van der Waals surface area contributed by atoms with Gasteiger partial charge in [0.25, 0.3) is 5.91 Å². The van der Waals surface area contributed by atoms with E-state index in [1.54, 1.807) is 24.3 Å². The molecular formula is C29H22FN3O3S2. The van der Waals surface area contributed by atoms with E-state index >= 15 is 0 Å². The van der Waals surface area contributed by atoms with Crippen molar-refractivity contribution in [2.45, 2.75) is 36.9 Å². The Balaban J connectivity index is 1.44. The van der Waals surface area contributed by atoms with Crippen molar-refractivity contribution in [1.82, 2.24) is 10.2 Å². The number of rotatable bonds is 5. The van der Waals surface area contributed by atoms with Crippen LogP contribution in [0.25, 0.3) is 11.0 Å². The number of amides is 1. The van der Waals surface area contributed by atoms with Gasteiger partial charge in [0.2, 0.25) is 10.9 Å². The second-order valence-corrected chi connectivity index (χ2v) is 11.5. The Bertz CT molecular complexity index is 1760. The minimum absolute atomic E-state index is 0.0239. The van der Waals surface area contributed by atoms with Gasteiger partial charge in [-0.1, -0.05) is 65.1 Å². The van der Waals surface area contributed by atoms with Crippen LogP contribution in [0.15, 0.2) is 74.2 Å². The smallest absolute Gasteiger partial charge is 0.297 e. The molecule has 0 aliphatic carbocycles. The van der Waals surface area contributed by atoms with Crippen LogP contribution in [0.3, 0.4) is 0 Å². The monoisotopic (exact) mass is 543 g/mol. The summed E-state index contributed by atoms with van der Waals surface area (Å²) in [7, 11) is 0. The van der Waals surface area contributed by atoms with Crippen molar-refractivity contribution in [2.75, 3.05) is 4.90 Å². The average Bonchev–Trinajstić information content (AvgIpc) is 3.48. The topological polar surface area (TPSA) is 76.3 Å². The molecule has 3 aromatic carbocycles. The number of hydrogen-bond donors (Lipinski definition) is 0. The number of nitrogens with zero attached hydrogens (tertiary/aromatic N) is 3. The number of aromatic nitrogens is 2. The molecule has 1 unspecified atom stereocenters. The molecule has 1 aliphatic rings. The lowest BCUT2D eigenvalue weighted by Gasteiger charge is -2.22. The molecule has 3 heterocycles. The third kappa shape index (κ3) is 4.21. The standard InChI is InChI=1S/C29H22FN3O3S2/c1-15-4-6-18(7-5-15)14-37-29-32-31-28(38-29)33-24(19-8-10-20(30)11-9-19)23-25(34)21-12-16(2)17(3)13-22(21)36-26(23)27(33)35/h4-13,24H,14H2,1-3H3. The summed E-state index contributed by atoms with van der Waals surface area (Å²) in [4.78, 5) is 29.0. The summed E-state index contributed by atoms with van der Waals surface area (Å²) in [5.41, 5.74) is 5.13. The Morgan fingerprint density at radius 2 is 1.68 bits per heavy atom. The Morgan fingerprint density at radius 3 is 2.42 bits per heavy atom. The average molecular weight is 544 g/mol. The van der Waals surface area contributed by atoms with Gasteiger partial charge in [0.15, 0.2) is 9.77 Å². The molecule has 9 heteroatoms. The molecule has 0 spiro atoms. The summed E-state index contributed by atoms with van der Waals surface area (Å²) >= 11 is 2.80. The van der Waals surface area contributed by atoms with Crippen LogP contribution in [0.4, 0.5) is 9.52 Å². The van der Waals surface area contributed by atoms with E-state index in [1.807, 2.05) is 20.8 Å². The molecule has 0 fully saturated rings. The van der Waals surface area contributed by atoms with Crippen LogP contribution in [0.5, 0.6) is 0 Å². The summed E-state index contributed by atoms with van der Waals surface area (Å²) in [5, 5.41) is 9.36. The van der Waals surface area contributed by atoms with Crippen LogP contribution in [0.1, 0.15) is 50.0 Å². The van der Waals surface area contributed by atoms with Gasteiger partial charge < -0.3 is 4.42 Å². The van der Waals surface area contributed by atoms with Crippen LogP contribution in [-0.4, -0.2) is 16.1 Å². The predicted octanol–water partition coefficient (Wildman–Crippen LogP) is 6.75. The maximum atomic E-state index is 13.8. The molecule has 0 saturated carbocycles. The molecule has 1 aliphatic heterocycles. The minimum atomic E-state index is -0.816. The maximum Gasteiger partial charge on any atom is 0.297 e. The van der Waals surface area contributed by atoms with E-state index in [0.717, 1.165) is 16.7 Å². The van der Waals surface area contributed by atoms with Gasteiger partial charge in [-0.15, -0.1) is 10.2 Å². The highest BCUT2D eigenvalue weighted by atomic mass is 32.2. The number of anilines is 1. The quantitative estimate of drug-likeness (QED) is 0.180. The van der Waals surface area contributed by atoms with Crippen LogP contribution < -0.4 is 10.3 Å². The molecule has 0 saturated heterocycles. The molecule has 0 bridgehead atoms. The summed E-state index contributed by atoms with van der Waals surface area (Å²) in [6.45, 7) is 5.89. The summed E-state index contributed by atoms with van der Waals surface area (Å²) in [6, 6.07) is 16.8. The highest BCUT2D eigenvalue weighted by molar-refractivity contribution is 8.00. The van der Waals surface area contributed by atoms with Gasteiger partial charge in [0.1, 0.15) is 11.4 Å². The van der Waals surface area contributed by atoms with E-state index in [0.29, 0.717) is 31.8 Å². The zero-order chi connectivity index (χ0) is 26.6. The fraction of sp³-hybridized carbons (Fsp3) is 0.172. The summed E-state index contributed by atoms with van der Waals surface area (Å²) in [5.74, 6) is -0.205. The first-order valence-electron chi connectivity index (χ1n) is 12.0. The van der Waals surface area contributed by atoms with Crippen LogP contribution in [0.2, 0.25) is 0 Å². The first-order valence-corrected chi connectivity index (χ1v) is 13.8. The van der Waals surface area contributed by atoms with Crippen molar-refractivity contribution in [3.05, 3.63) is 116 Å². The van der Waals surface area contributed by atoms with Gasteiger partial charge >= 0.3 is 0 Å². The van der Waals surface area contributed by atoms with E-state index < -0.39 is 17.8 Å². The molecule has 5 aromatic rings. The highest BCUT2D eigenvalue weighted by Gasteiger charge is 2.45. The molecule has 1 amide bonds. The Labute approximate surface area is 226 Å². The van der Waals surface area contributed by atoms with E-state index in [2.05, 4.69) is 34.5 Å². The van der Waals surface area contributed by atoms with Crippen molar-refractivity contribution < 1.29 is 13.6 Å². The Kier molecular flexibility index (Phi) is 6.12. The van der Waals surface area contributed by atoms with Crippen LogP contribution in [0, 0.1) is 26.6 Å². The zero-order valence-electron chi connectivity index (χ0n) is 20.8. The summed E-state index contributed by atoms with van der Waals surface area (Å²) in [6.07, 6.45) is 0. The molecule has 2 aromatic heterocycles. The largest absolute Gasteiger partial charge is 0.450 e. The second-order valence-electron chi connectivity index (χ2n) is 9.36. The molecule has 190 valence electrons. The van der Waals surface area contributed by atoms with Crippen molar-refractivity contribution >= 4 is 45.1 Å². The molecule has 38 heavy (non-hydrogen) atoms. The first-order chi connectivity index (χ1) is 18.3. The number of thioether (sulfide) groups is 1. The first kappa shape index (κ1) is 24.5. The highest BCUT2D eigenvalue weighted by Crippen LogP contribution is 2.43. The number of hydrogen-bond acceptors (Lipinski definition) is 7. The number of benzene rings is 3. The van der Waals surface area contributed by atoms with Gasteiger partial charge in [-0.25, -0.2) is 4.39 Å². The van der Waals surface area contributed by atoms with Gasteiger partial charge in [0, 0.05) is 5.75 Å². The normalized spacial score (nSPS) is 14.9. The van der Waals surface area contributed by atoms with E-state index in [-0.39, 0.29) is 16.8 Å². The molecule has 6 rings (SSSR count). The van der Waals surface area contributed by atoms with Crippen LogP contribution >= 0.6 is 23.1 Å². The SMILES string of the molecule is Cc1ccc(CSc2nnc(N3C(=O)c4oc5cc(C)c(C)cc5c(=O)c4C3c3ccc(F)cc3)s2)cc1. The van der Waals surface area contributed by atoms with Crippen molar-refractivity contribution in [3.63, 3.8) is 0 Å². The van der Waals surface area contributed by atoms with E-state index in [1.165, 1.54) is 45.7 Å². The second kappa shape index (κ2) is 9.49. The Hall–Kier alpha value is -3.82. The number of fused-ring (bicyclic) bond motifs is 2. The van der Waals surface area contributed by atoms with Crippen molar-refractivity contribution in [1.29, 1.82) is 0 Å². The third-order valence-corrected chi connectivity index (χ3v) is 8.88. The molecule has 6 nitrogen and oxygen atoms in total. The Morgan fingerprint density at radius 1 is 0.974 bits per heavy atom. The maximum absolute atomic E-state index is 13.8. The summed E-state index contributed by atoms with van der Waals surface area (Å²) < 4.78 is 20.6. The van der Waals surface area contributed by atoms with E-state index in [9.17, 15) is 14.0 Å². The fourth-order valence-electron chi connectivity index (χ4n) is 4.57. The lowest BCUT2D eigenvalue weighted by molar-refractivity contribution is 0.0970. The van der Waals surface area contributed by atoms with Crippen molar-refractivity contribution in [3.8, 4) is 0 Å². The van der Waals surface area contributed by atoms with Crippen molar-refractivity contribution in [2.24, 2.45) is 0 Å². The number of carbonyl (C=O) groups excluding carboxylic acids is 1. The lowest BCUT2D eigenvalue weighted by Crippen LogP contribution is -2.29. The molecular weight excluding hydrogens is 521 g/mol. The number of carbonyl (C=O) groups is 1. The predicted molar refractivity (Wildman–Crippen MR) is 148 cm³/mol. The number of aryl methyl sites for hydroxylation is 3. The number of halogens is 1. The molecule has 0 N–H and O–H groups in total. The van der Waals surface area contributed by atoms with Gasteiger partial charge in [0.05, 0.1) is 17.0 Å². The minimum Gasteiger partial charge on any atom is -0.450 e. The molecule has 0 radical (unpaired) electrons.